The molecule has 2 amide bonds. The van der Waals surface area contributed by atoms with E-state index in [1.54, 1.807) is 12.4 Å². The van der Waals surface area contributed by atoms with Crippen LogP contribution in [0.5, 0.6) is 0 Å². The third kappa shape index (κ3) is 3.15. The average Bonchev–Trinajstić information content (AvgIpc) is 3.05. The summed E-state index contributed by atoms with van der Waals surface area (Å²) in [6, 6.07) is 0.124. The molecule has 2 aromatic rings. The molecule has 1 aromatic carbocycles. The van der Waals surface area contributed by atoms with Gasteiger partial charge in [0.05, 0.1) is 6.04 Å². The minimum Gasteiger partial charge on any atom is -0.347 e. The van der Waals surface area contributed by atoms with Crippen molar-refractivity contribution < 1.29 is 18.0 Å². The van der Waals surface area contributed by atoms with Crippen LogP contribution in [0.4, 0.5) is 23.7 Å². The number of amides is 2. The van der Waals surface area contributed by atoms with E-state index >= 15 is 0 Å². The van der Waals surface area contributed by atoms with Crippen molar-refractivity contribution in [2.75, 3.05) is 11.9 Å². The Kier molecular flexibility index (Phi) is 4.22. The first-order valence-corrected chi connectivity index (χ1v) is 7.27. The molecule has 1 aliphatic heterocycles. The zero-order chi connectivity index (χ0) is 16.4. The number of likely N-dealkylation sites (tertiary alicyclic amines) is 1. The summed E-state index contributed by atoms with van der Waals surface area (Å²) < 4.78 is 40.3. The second-order valence-corrected chi connectivity index (χ2v) is 5.35. The van der Waals surface area contributed by atoms with Crippen molar-refractivity contribution in [2.45, 2.75) is 25.3 Å². The Labute approximate surface area is 130 Å². The van der Waals surface area contributed by atoms with E-state index in [0.717, 1.165) is 12.8 Å². The number of aromatic amines is 1. The van der Waals surface area contributed by atoms with E-state index in [9.17, 15) is 18.0 Å². The Balaban J connectivity index is 1.82. The number of nitrogens with one attached hydrogen (secondary N) is 2. The highest BCUT2D eigenvalue weighted by atomic mass is 19.1. The molecule has 1 aliphatic rings. The van der Waals surface area contributed by atoms with Gasteiger partial charge in [0.2, 0.25) is 0 Å². The number of H-pyrrole nitrogens is 1. The second kappa shape index (κ2) is 6.31. The van der Waals surface area contributed by atoms with Crippen molar-refractivity contribution in [3.05, 3.63) is 47.8 Å². The molecule has 0 saturated carbocycles. The molecule has 1 unspecified atom stereocenters. The van der Waals surface area contributed by atoms with Crippen molar-refractivity contribution in [2.24, 2.45) is 0 Å². The van der Waals surface area contributed by atoms with Crippen LogP contribution in [0.15, 0.2) is 24.5 Å². The maximum atomic E-state index is 13.7. The standard InChI is InChI=1S/C15H15F3N4O/c16-9-7-10(17)13(11(18)8-9)21-15(23)22-6-2-1-3-12(22)14-19-4-5-20-14/h4-5,7-8,12H,1-3,6H2,(H,19,20)(H,21,23). The van der Waals surface area contributed by atoms with Gasteiger partial charge in [-0.05, 0) is 19.3 Å². The van der Waals surface area contributed by atoms with Gasteiger partial charge in [0.1, 0.15) is 17.3 Å². The summed E-state index contributed by atoms with van der Waals surface area (Å²) in [6.45, 7) is 0.446. The van der Waals surface area contributed by atoms with E-state index < -0.39 is 29.2 Å². The highest BCUT2D eigenvalue weighted by Crippen LogP contribution is 2.30. The van der Waals surface area contributed by atoms with Crippen LogP contribution in [0, 0.1) is 17.5 Å². The largest absolute Gasteiger partial charge is 0.347 e. The minimum atomic E-state index is -1.15. The number of hydrogen-bond acceptors (Lipinski definition) is 2. The van der Waals surface area contributed by atoms with Gasteiger partial charge in [-0.2, -0.15) is 0 Å². The summed E-state index contributed by atoms with van der Waals surface area (Å²) in [5.74, 6) is -2.71. The molecule has 122 valence electrons. The van der Waals surface area contributed by atoms with Crippen molar-refractivity contribution in [3.63, 3.8) is 0 Å². The van der Waals surface area contributed by atoms with Gasteiger partial charge in [0.25, 0.3) is 0 Å². The maximum Gasteiger partial charge on any atom is 0.322 e. The molecule has 0 aliphatic carbocycles. The van der Waals surface area contributed by atoms with Crippen LogP contribution in [-0.4, -0.2) is 27.4 Å². The molecule has 1 aromatic heterocycles. The van der Waals surface area contributed by atoms with E-state index in [2.05, 4.69) is 15.3 Å². The number of imidazole rings is 1. The Morgan fingerprint density at radius 2 is 2.00 bits per heavy atom. The summed E-state index contributed by atoms with van der Waals surface area (Å²) in [4.78, 5) is 21.0. The second-order valence-electron chi connectivity index (χ2n) is 5.35. The first-order valence-electron chi connectivity index (χ1n) is 7.27. The molecule has 3 rings (SSSR count). The first-order chi connectivity index (χ1) is 11.1. The third-order valence-electron chi connectivity index (χ3n) is 3.84. The zero-order valence-electron chi connectivity index (χ0n) is 12.2. The number of hydrogen-bond donors (Lipinski definition) is 2. The summed E-state index contributed by atoms with van der Waals surface area (Å²) in [5.41, 5.74) is -0.653. The topological polar surface area (TPSA) is 61.0 Å². The normalized spacial score (nSPS) is 18.0. The monoisotopic (exact) mass is 324 g/mol. The lowest BCUT2D eigenvalue weighted by Gasteiger charge is -2.34. The van der Waals surface area contributed by atoms with Gasteiger partial charge in [0.15, 0.2) is 11.6 Å². The Morgan fingerprint density at radius 3 is 2.65 bits per heavy atom. The van der Waals surface area contributed by atoms with E-state index in [-0.39, 0.29) is 6.04 Å². The van der Waals surface area contributed by atoms with Crippen LogP contribution in [0.2, 0.25) is 0 Å². The fourth-order valence-corrected chi connectivity index (χ4v) is 2.76. The zero-order valence-corrected chi connectivity index (χ0v) is 12.2. The highest BCUT2D eigenvalue weighted by molar-refractivity contribution is 5.90. The number of urea groups is 1. The molecule has 1 atom stereocenters. The summed E-state index contributed by atoms with van der Waals surface area (Å²) in [6.07, 6.45) is 5.65. The van der Waals surface area contributed by atoms with Crippen molar-refractivity contribution in [1.29, 1.82) is 0 Å². The highest BCUT2D eigenvalue weighted by Gasteiger charge is 2.30. The van der Waals surface area contributed by atoms with Crippen LogP contribution in [-0.2, 0) is 0 Å². The molecule has 2 heterocycles. The lowest BCUT2D eigenvalue weighted by Crippen LogP contribution is -2.41. The van der Waals surface area contributed by atoms with Crippen LogP contribution < -0.4 is 5.32 Å². The fraction of sp³-hybridized carbons (Fsp3) is 0.333. The molecule has 0 bridgehead atoms. The molecule has 8 heteroatoms. The number of nitrogens with zero attached hydrogens (tertiary/aromatic N) is 2. The number of anilines is 1. The number of carbonyl (C=O) groups is 1. The number of carbonyl (C=O) groups excluding carboxylic acids is 1. The molecule has 23 heavy (non-hydrogen) atoms. The number of piperidine rings is 1. The molecule has 0 radical (unpaired) electrons. The van der Waals surface area contributed by atoms with E-state index in [1.165, 1.54) is 4.90 Å². The van der Waals surface area contributed by atoms with Crippen molar-refractivity contribution >= 4 is 11.7 Å². The molecule has 5 nitrogen and oxygen atoms in total. The Bertz CT molecular complexity index is 682. The lowest BCUT2D eigenvalue weighted by molar-refractivity contribution is 0.159. The van der Waals surface area contributed by atoms with E-state index in [0.29, 0.717) is 30.9 Å². The molecular weight excluding hydrogens is 309 g/mol. The quantitative estimate of drug-likeness (QED) is 0.887. The number of rotatable bonds is 2. The first kappa shape index (κ1) is 15.4. The Hall–Kier alpha value is -2.51. The number of aromatic nitrogens is 2. The smallest absolute Gasteiger partial charge is 0.322 e. The summed E-state index contributed by atoms with van der Waals surface area (Å²) in [5, 5.41) is 2.20. The summed E-state index contributed by atoms with van der Waals surface area (Å²) in [7, 11) is 0. The molecule has 2 N–H and O–H groups in total. The predicted molar refractivity (Wildman–Crippen MR) is 77.2 cm³/mol. The van der Waals surface area contributed by atoms with Gasteiger partial charge in [-0.3, -0.25) is 0 Å². The van der Waals surface area contributed by atoms with Crippen molar-refractivity contribution in [1.82, 2.24) is 14.9 Å². The van der Waals surface area contributed by atoms with Crippen LogP contribution in [0.3, 0.4) is 0 Å². The number of benzene rings is 1. The Morgan fingerprint density at radius 1 is 1.26 bits per heavy atom. The van der Waals surface area contributed by atoms with Crippen molar-refractivity contribution in [3.8, 4) is 0 Å². The van der Waals surface area contributed by atoms with Crippen LogP contribution >= 0.6 is 0 Å². The third-order valence-corrected chi connectivity index (χ3v) is 3.84. The molecule has 0 spiro atoms. The average molecular weight is 324 g/mol. The van der Waals surface area contributed by atoms with E-state index in [4.69, 9.17) is 0 Å². The predicted octanol–water partition coefficient (Wildman–Crippen LogP) is 3.59. The number of halogens is 3. The lowest BCUT2D eigenvalue weighted by atomic mass is 10.0. The minimum absolute atomic E-state index is 0.287. The summed E-state index contributed by atoms with van der Waals surface area (Å²) >= 11 is 0. The van der Waals surface area contributed by atoms with Gasteiger partial charge in [-0.15, -0.1) is 0 Å². The molecule has 1 saturated heterocycles. The van der Waals surface area contributed by atoms with Gasteiger partial charge in [-0.25, -0.2) is 22.9 Å². The fourth-order valence-electron chi connectivity index (χ4n) is 2.76. The van der Waals surface area contributed by atoms with Crippen LogP contribution in [0.1, 0.15) is 31.1 Å². The SMILES string of the molecule is O=C(Nc1c(F)cc(F)cc1F)N1CCCCC1c1ncc[nH]1. The van der Waals surface area contributed by atoms with Gasteiger partial charge in [0, 0.05) is 31.1 Å². The van der Waals surface area contributed by atoms with Gasteiger partial charge < -0.3 is 15.2 Å². The van der Waals surface area contributed by atoms with Gasteiger partial charge >= 0.3 is 6.03 Å². The van der Waals surface area contributed by atoms with Crippen LogP contribution in [0.25, 0.3) is 0 Å². The van der Waals surface area contributed by atoms with E-state index in [1.807, 2.05) is 0 Å². The molecule has 1 fully saturated rings. The maximum absolute atomic E-state index is 13.7. The van der Waals surface area contributed by atoms with Gasteiger partial charge in [-0.1, -0.05) is 0 Å². The molecular formula is C15H15F3N4O.